The van der Waals surface area contributed by atoms with E-state index in [1.54, 1.807) is 0 Å². The lowest BCUT2D eigenvalue weighted by Crippen LogP contribution is -2.21. The van der Waals surface area contributed by atoms with Gasteiger partial charge in [0.05, 0.1) is 0 Å². The van der Waals surface area contributed by atoms with Crippen molar-refractivity contribution in [3.05, 3.63) is 0 Å². The number of rotatable bonds is 1. The van der Waals surface area contributed by atoms with Crippen molar-refractivity contribution in [2.75, 3.05) is 5.33 Å². The molecule has 0 radical (unpaired) electrons. The molecule has 1 saturated carbocycles. The highest BCUT2D eigenvalue weighted by atomic mass is 79.9. The summed E-state index contributed by atoms with van der Waals surface area (Å²) in [6.45, 7) is 4.77. The molecule has 3 atom stereocenters. The molecule has 0 spiro atoms. The van der Waals surface area contributed by atoms with E-state index in [1.807, 2.05) is 0 Å². The van der Waals surface area contributed by atoms with E-state index in [0.29, 0.717) is 0 Å². The Labute approximate surface area is 72.5 Å². The summed E-state index contributed by atoms with van der Waals surface area (Å²) >= 11 is 3.56. The summed E-state index contributed by atoms with van der Waals surface area (Å²) in [7, 11) is 0. The van der Waals surface area contributed by atoms with Gasteiger partial charge in [-0.3, -0.25) is 0 Å². The average Bonchev–Trinajstić information content (AvgIpc) is 1.95. The monoisotopic (exact) mass is 204 g/mol. The number of alkyl halides is 1. The average molecular weight is 205 g/mol. The van der Waals surface area contributed by atoms with Gasteiger partial charge in [0.2, 0.25) is 0 Å². The lowest BCUT2D eigenvalue weighted by atomic mass is 9.77. The van der Waals surface area contributed by atoms with Gasteiger partial charge in [0, 0.05) is 5.33 Å². The number of halogens is 1. The molecule has 0 bridgehead atoms. The van der Waals surface area contributed by atoms with Crippen LogP contribution in [0, 0.1) is 17.8 Å². The maximum Gasteiger partial charge on any atom is 0.00597 e. The summed E-state index contributed by atoms with van der Waals surface area (Å²) in [4.78, 5) is 0. The van der Waals surface area contributed by atoms with Crippen molar-refractivity contribution in [2.45, 2.75) is 33.1 Å². The fourth-order valence-electron chi connectivity index (χ4n) is 1.80. The second-order valence-corrected chi connectivity index (χ2v) is 4.44. The molecular formula is C9H17Br. The predicted octanol–water partition coefficient (Wildman–Crippen LogP) is 3.45. The molecule has 1 aliphatic rings. The highest BCUT2D eigenvalue weighted by Crippen LogP contribution is 2.33. The van der Waals surface area contributed by atoms with Gasteiger partial charge in [-0.2, -0.15) is 0 Å². The molecule has 1 heteroatoms. The molecule has 0 nitrogen and oxygen atoms in total. The molecule has 0 N–H and O–H groups in total. The van der Waals surface area contributed by atoms with Gasteiger partial charge in [0.25, 0.3) is 0 Å². The van der Waals surface area contributed by atoms with Crippen molar-refractivity contribution < 1.29 is 0 Å². The standard InChI is InChI=1S/C9H17Br/c1-7-3-4-9(6-10)5-8(7)2/h7-9H,3-6H2,1-2H3. The molecule has 1 rings (SSSR count). The van der Waals surface area contributed by atoms with Crippen LogP contribution >= 0.6 is 15.9 Å². The fraction of sp³-hybridized carbons (Fsp3) is 1.00. The second kappa shape index (κ2) is 3.75. The van der Waals surface area contributed by atoms with E-state index in [9.17, 15) is 0 Å². The lowest BCUT2D eigenvalue weighted by Gasteiger charge is -2.30. The van der Waals surface area contributed by atoms with E-state index in [0.717, 1.165) is 17.8 Å². The smallest absolute Gasteiger partial charge is 0.00597 e. The zero-order valence-corrected chi connectivity index (χ0v) is 8.52. The minimum atomic E-state index is 0.955. The Bertz CT molecular complexity index is 101. The van der Waals surface area contributed by atoms with Crippen LogP contribution < -0.4 is 0 Å². The van der Waals surface area contributed by atoms with Gasteiger partial charge in [0.15, 0.2) is 0 Å². The number of hydrogen-bond donors (Lipinski definition) is 0. The molecule has 0 saturated heterocycles. The van der Waals surface area contributed by atoms with E-state index in [4.69, 9.17) is 0 Å². The fourth-order valence-corrected chi connectivity index (χ4v) is 2.39. The van der Waals surface area contributed by atoms with E-state index in [1.165, 1.54) is 24.6 Å². The Hall–Kier alpha value is 0.480. The van der Waals surface area contributed by atoms with E-state index in [2.05, 4.69) is 29.8 Å². The summed E-state index contributed by atoms with van der Waals surface area (Å²) in [5.74, 6) is 2.89. The molecule has 0 aliphatic heterocycles. The Morgan fingerprint density at radius 3 is 2.40 bits per heavy atom. The topological polar surface area (TPSA) is 0 Å². The SMILES string of the molecule is CC1CCC(CBr)CC1C. The molecule has 1 aliphatic carbocycles. The van der Waals surface area contributed by atoms with Crippen molar-refractivity contribution in [3.63, 3.8) is 0 Å². The normalized spacial score (nSPS) is 41.7. The molecular weight excluding hydrogens is 188 g/mol. The second-order valence-electron chi connectivity index (χ2n) is 3.79. The third kappa shape index (κ3) is 1.98. The van der Waals surface area contributed by atoms with Crippen molar-refractivity contribution in [1.82, 2.24) is 0 Å². The third-order valence-electron chi connectivity index (χ3n) is 2.92. The summed E-state index contributed by atoms with van der Waals surface area (Å²) in [6.07, 6.45) is 4.32. The van der Waals surface area contributed by atoms with Crippen LogP contribution in [-0.2, 0) is 0 Å². The highest BCUT2D eigenvalue weighted by molar-refractivity contribution is 9.09. The molecule has 10 heavy (non-hydrogen) atoms. The first kappa shape index (κ1) is 8.58. The Kier molecular flexibility index (Phi) is 3.22. The van der Waals surface area contributed by atoms with Gasteiger partial charge >= 0.3 is 0 Å². The zero-order chi connectivity index (χ0) is 7.56. The molecule has 0 aromatic carbocycles. The molecule has 1 fully saturated rings. The first-order chi connectivity index (χ1) is 4.74. The van der Waals surface area contributed by atoms with Crippen LogP contribution in [0.1, 0.15) is 33.1 Å². The maximum absolute atomic E-state index is 3.56. The van der Waals surface area contributed by atoms with Crippen LogP contribution in [0.4, 0.5) is 0 Å². The van der Waals surface area contributed by atoms with Crippen LogP contribution in [0.15, 0.2) is 0 Å². The number of hydrogen-bond acceptors (Lipinski definition) is 0. The van der Waals surface area contributed by atoms with Gasteiger partial charge in [-0.15, -0.1) is 0 Å². The summed E-state index contributed by atoms with van der Waals surface area (Å²) in [5.41, 5.74) is 0. The minimum absolute atomic E-state index is 0.955. The summed E-state index contributed by atoms with van der Waals surface area (Å²) in [6, 6.07) is 0. The van der Waals surface area contributed by atoms with Gasteiger partial charge in [-0.1, -0.05) is 36.2 Å². The Morgan fingerprint density at radius 1 is 1.20 bits per heavy atom. The quantitative estimate of drug-likeness (QED) is 0.575. The Morgan fingerprint density at radius 2 is 1.90 bits per heavy atom. The van der Waals surface area contributed by atoms with Crippen molar-refractivity contribution in [1.29, 1.82) is 0 Å². The maximum atomic E-state index is 3.56. The first-order valence-electron chi connectivity index (χ1n) is 4.30. The van der Waals surface area contributed by atoms with Crippen molar-refractivity contribution in [3.8, 4) is 0 Å². The zero-order valence-electron chi connectivity index (χ0n) is 6.94. The van der Waals surface area contributed by atoms with E-state index < -0.39 is 0 Å². The largest absolute Gasteiger partial charge is 0.0925 e. The third-order valence-corrected chi connectivity index (χ3v) is 3.84. The highest BCUT2D eigenvalue weighted by Gasteiger charge is 2.23. The molecule has 0 amide bonds. The van der Waals surface area contributed by atoms with E-state index in [-0.39, 0.29) is 0 Å². The molecule has 0 aromatic rings. The van der Waals surface area contributed by atoms with Gasteiger partial charge < -0.3 is 0 Å². The minimum Gasteiger partial charge on any atom is -0.0925 e. The molecule has 60 valence electrons. The van der Waals surface area contributed by atoms with E-state index >= 15 is 0 Å². The van der Waals surface area contributed by atoms with Crippen molar-refractivity contribution >= 4 is 15.9 Å². The van der Waals surface area contributed by atoms with Gasteiger partial charge in [0.1, 0.15) is 0 Å². The van der Waals surface area contributed by atoms with Crippen molar-refractivity contribution in [2.24, 2.45) is 17.8 Å². The van der Waals surface area contributed by atoms with Gasteiger partial charge in [-0.05, 0) is 30.6 Å². The van der Waals surface area contributed by atoms with Crippen LogP contribution in [0.2, 0.25) is 0 Å². The van der Waals surface area contributed by atoms with Crippen LogP contribution in [0.5, 0.6) is 0 Å². The van der Waals surface area contributed by atoms with Crippen LogP contribution in [-0.4, -0.2) is 5.33 Å². The summed E-state index contributed by atoms with van der Waals surface area (Å²) in [5, 5.41) is 1.21. The predicted molar refractivity (Wildman–Crippen MR) is 49.5 cm³/mol. The van der Waals surface area contributed by atoms with Crippen LogP contribution in [0.25, 0.3) is 0 Å². The van der Waals surface area contributed by atoms with Gasteiger partial charge in [-0.25, -0.2) is 0 Å². The molecule has 0 heterocycles. The lowest BCUT2D eigenvalue weighted by molar-refractivity contribution is 0.224. The summed E-state index contributed by atoms with van der Waals surface area (Å²) < 4.78 is 0. The molecule has 0 aromatic heterocycles. The first-order valence-corrected chi connectivity index (χ1v) is 5.42. The molecule has 3 unspecified atom stereocenters. The van der Waals surface area contributed by atoms with Crippen LogP contribution in [0.3, 0.4) is 0 Å². The Balaban J connectivity index is 2.33.